The number of nitrogens with zero attached hydrogens (tertiary/aromatic N) is 5. The van der Waals surface area contributed by atoms with Gasteiger partial charge < -0.3 is 21.3 Å². The van der Waals surface area contributed by atoms with Crippen LogP contribution in [0, 0.1) is 17.1 Å². The van der Waals surface area contributed by atoms with Gasteiger partial charge in [-0.3, -0.25) is 4.79 Å². The fourth-order valence-electron chi connectivity index (χ4n) is 4.21. The zero-order valence-corrected chi connectivity index (χ0v) is 23.2. The number of nitrogens with two attached hydrogens (primary N) is 1. The van der Waals surface area contributed by atoms with Crippen molar-refractivity contribution >= 4 is 17.5 Å². The summed E-state index contributed by atoms with van der Waals surface area (Å²) in [6, 6.07) is 17.6. The lowest BCUT2D eigenvalue weighted by Crippen LogP contribution is -2.27. The Kier molecular flexibility index (Phi) is 9.91. The molecule has 0 fully saturated rings. The quantitative estimate of drug-likeness (QED) is 0.238. The number of nitrogens with one attached hydrogen (secondary N) is 2. The molecule has 2 aromatic heterocycles. The third kappa shape index (κ3) is 8.30. The Hall–Kier alpha value is -4.88. The van der Waals surface area contributed by atoms with Gasteiger partial charge in [-0.25, -0.2) is 19.3 Å². The van der Waals surface area contributed by atoms with E-state index in [1.807, 2.05) is 44.4 Å². The summed E-state index contributed by atoms with van der Waals surface area (Å²) in [4.78, 5) is 28.5. The Bertz CT molecular complexity index is 1520. The van der Waals surface area contributed by atoms with Crippen LogP contribution >= 0.6 is 0 Å². The molecular formula is C31H33FN8O. The number of pyridine rings is 1. The van der Waals surface area contributed by atoms with Crippen LogP contribution in [0.2, 0.25) is 0 Å². The number of nitriles is 1. The number of anilines is 2. The predicted molar refractivity (Wildman–Crippen MR) is 157 cm³/mol. The van der Waals surface area contributed by atoms with Crippen LogP contribution in [0.1, 0.15) is 39.2 Å². The Balaban J connectivity index is 1.39. The minimum Gasteiger partial charge on any atom is -0.382 e. The smallest absolute Gasteiger partial charge is 0.255 e. The molecule has 1 amide bonds. The molecule has 4 N–H and O–H groups in total. The first-order chi connectivity index (χ1) is 19.8. The molecule has 0 atom stereocenters. The second-order valence-corrected chi connectivity index (χ2v) is 9.91. The lowest BCUT2D eigenvalue weighted by atomic mass is 10.1. The molecule has 0 spiro atoms. The second kappa shape index (κ2) is 14.0. The molecule has 41 heavy (non-hydrogen) atoms. The van der Waals surface area contributed by atoms with Crippen molar-refractivity contribution in [2.24, 2.45) is 0 Å². The SMILES string of the molecule is CN(C)CCCc1nc(-c2ccc(CNc3ncc(C#N)cc3C(=O)NCCc3ccc(F)cc3)cc2)cnc1N. The van der Waals surface area contributed by atoms with E-state index in [0.29, 0.717) is 31.1 Å². The number of aryl methyl sites for hydroxylation is 1. The minimum absolute atomic E-state index is 0.277. The van der Waals surface area contributed by atoms with Gasteiger partial charge in [-0.1, -0.05) is 36.4 Å². The van der Waals surface area contributed by atoms with E-state index in [1.165, 1.54) is 24.4 Å². The molecule has 210 valence electrons. The van der Waals surface area contributed by atoms with Crippen molar-refractivity contribution in [2.45, 2.75) is 25.8 Å². The summed E-state index contributed by atoms with van der Waals surface area (Å²) >= 11 is 0. The Morgan fingerprint density at radius 3 is 2.46 bits per heavy atom. The zero-order valence-electron chi connectivity index (χ0n) is 23.2. The Morgan fingerprint density at radius 1 is 1.02 bits per heavy atom. The first kappa shape index (κ1) is 29.1. The molecular weight excluding hydrogens is 519 g/mol. The maximum atomic E-state index is 13.1. The van der Waals surface area contributed by atoms with E-state index in [1.54, 1.807) is 18.3 Å². The molecule has 0 aliphatic carbocycles. The zero-order chi connectivity index (χ0) is 29.2. The molecule has 2 aromatic carbocycles. The molecule has 4 aromatic rings. The molecule has 0 unspecified atom stereocenters. The van der Waals surface area contributed by atoms with Gasteiger partial charge >= 0.3 is 0 Å². The van der Waals surface area contributed by atoms with Crippen molar-refractivity contribution < 1.29 is 9.18 Å². The molecule has 0 bridgehead atoms. The number of carbonyl (C=O) groups is 1. The van der Waals surface area contributed by atoms with Gasteiger partial charge in [-0.2, -0.15) is 5.26 Å². The van der Waals surface area contributed by atoms with E-state index in [2.05, 4.69) is 25.5 Å². The molecule has 0 radical (unpaired) electrons. The molecule has 0 aliphatic heterocycles. The highest BCUT2D eigenvalue weighted by atomic mass is 19.1. The van der Waals surface area contributed by atoms with Gasteiger partial charge in [-0.05, 0) is 69.2 Å². The van der Waals surface area contributed by atoms with Crippen molar-refractivity contribution in [3.05, 3.63) is 101 Å². The number of amides is 1. The average molecular weight is 553 g/mol. The van der Waals surface area contributed by atoms with Crippen LogP contribution in [0.5, 0.6) is 0 Å². The van der Waals surface area contributed by atoms with Gasteiger partial charge in [0.15, 0.2) is 0 Å². The standard InChI is InChI=1S/C31H33FN8O/c1-40(2)15-3-4-27-29(34)36-20-28(39-27)24-9-5-22(6-10-24)18-37-30-26(16-23(17-33)19-38-30)31(41)35-14-13-21-7-11-25(32)12-8-21/h5-12,16,19-20H,3-4,13-15,18H2,1-2H3,(H2,34,36)(H,35,41)(H,37,38). The molecule has 0 saturated carbocycles. The topological polar surface area (TPSA) is 133 Å². The number of rotatable bonds is 12. The molecule has 0 aliphatic rings. The average Bonchev–Trinajstić information content (AvgIpc) is 2.98. The summed E-state index contributed by atoms with van der Waals surface area (Å²) in [5.41, 5.74) is 11.0. The van der Waals surface area contributed by atoms with Gasteiger partial charge in [0.1, 0.15) is 23.5 Å². The molecule has 2 heterocycles. The van der Waals surface area contributed by atoms with E-state index in [0.717, 1.165) is 47.5 Å². The van der Waals surface area contributed by atoms with Crippen LogP contribution in [0.15, 0.2) is 67.0 Å². The summed E-state index contributed by atoms with van der Waals surface area (Å²) in [5, 5.41) is 15.4. The van der Waals surface area contributed by atoms with Crippen molar-refractivity contribution in [3.8, 4) is 17.3 Å². The van der Waals surface area contributed by atoms with Crippen LogP contribution in [0.4, 0.5) is 16.0 Å². The van der Waals surface area contributed by atoms with Gasteiger partial charge in [0.25, 0.3) is 5.91 Å². The minimum atomic E-state index is -0.349. The van der Waals surface area contributed by atoms with Gasteiger partial charge in [-0.15, -0.1) is 0 Å². The third-order valence-electron chi connectivity index (χ3n) is 6.48. The third-order valence-corrected chi connectivity index (χ3v) is 6.48. The Labute approximate surface area is 239 Å². The maximum Gasteiger partial charge on any atom is 0.255 e. The van der Waals surface area contributed by atoms with E-state index in [4.69, 9.17) is 10.7 Å². The summed E-state index contributed by atoms with van der Waals surface area (Å²) in [6.45, 7) is 1.71. The summed E-state index contributed by atoms with van der Waals surface area (Å²) in [5.74, 6) is 0.178. The predicted octanol–water partition coefficient (Wildman–Crippen LogP) is 4.21. The highest BCUT2D eigenvalue weighted by Crippen LogP contribution is 2.21. The fourth-order valence-corrected chi connectivity index (χ4v) is 4.21. The second-order valence-electron chi connectivity index (χ2n) is 9.91. The lowest BCUT2D eigenvalue weighted by Gasteiger charge is -2.13. The lowest BCUT2D eigenvalue weighted by molar-refractivity contribution is 0.0954. The largest absolute Gasteiger partial charge is 0.382 e. The van der Waals surface area contributed by atoms with Crippen LogP contribution in [-0.4, -0.2) is 52.9 Å². The normalized spacial score (nSPS) is 10.8. The fraction of sp³-hybridized carbons (Fsp3) is 0.258. The monoisotopic (exact) mass is 552 g/mol. The number of halogens is 1. The number of hydrogen-bond donors (Lipinski definition) is 3. The van der Waals surface area contributed by atoms with Crippen LogP contribution < -0.4 is 16.4 Å². The summed E-state index contributed by atoms with van der Waals surface area (Å²) in [7, 11) is 4.07. The van der Waals surface area contributed by atoms with Crippen molar-refractivity contribution in [1.29, 1.82) is 5.26 Å². The van der Waals surface area contributed by atoms with Crippen LogP contribution in [-0.2, 0) is 19.4 Å². The number of carbonyl (C=O) groups excluding carboxylic acids is 1. The Morgan fingerprint density at radius 2 is 1.76 bits per heavy atom. The van der Waals surface area contributed by atoms with E-state index in [9.17, 15) is 14.4 Å². The maximum absolute atomic E-state index is 13.1. The van der Waals surface area contributed by atoms with Crippen LogP contribution in [0.3, 0.4) is 0 Å². The molecule has 9 nitrogen and oxygen atoms in total. The van der Waals surface area contributed by atoms with E-state index >= 15 is 0 Å². The number of benzene rings is 2. The summed E-state index contributed by atoms with van der Waals surface area (Å²) < 4.78 is 13.1. The number of aromatic nitrogens is 3. The first-order valence-corrected chi connectivity index (χ1v) is 13.3. The van der Waals surface area contributed by atoms with Crippen LogP contribution in [0.25, 0.3) is 11.3 Å². The van der Waals surface area contributed by atoms with Crippen molar-refractivity contribution in [2.75, 3.05) is 38.2 Å². The molecule has 0 saturated heterocycles. The van der Waals surface area contributed by atoms with Crippen molar-refractivity contribution in [1.82, 2.24) is 25.2 Å². The highest BCUT2D eigenvalue weighted by Gasteiger charge is 2.14. The van der Waals surface area contributed by atoms with Gasteiger partial charge in [0, 0.05) is 24.8 Å². The van der Waals surface area contributed by atoms with E-state index in [-0.39, 0.29) is 22.9 Å². The molecule has 10 heteroatoms. The number of hydrogen-bond acceptors (Lipinski definition) is 8. The summed E-state index contributed by atoms with van der Waals surface area (Å²) in [6.07, 6.45) is 5.35. The highest BCUT2D eigenvalue weighted by molar-refractivity contribution is 5.99. The number of nitrogen functional groups attached to an aromatic ring is 1. The van der Waals surface area contributed by atoms with Crippen molar-refractivity contribution in [3.63, 3.8) is 0 Å². The van der Waals surface area contributed by atoms with Gasteiger partial charge in [0.2, 0.25) is 0 Å². The van der Waals surface area contributed by atoms with Gasteiger partial charge in [0.05, 0.1) is 28.7 Å². The molecule has 4 rings (SSSR count). The first-order valence-electron chi connectivity index (χ1n) is 13.3. The van der Waals surface area contributed by atoms with E-state index < -0.39 is 0 Å².